The van der Waals surface area contributed by atoms with E-state index in [1.807, 2.05) is 42.5 Å². The predicted molar refractivity (Wildman–Crippen MR) is 92.1 cm³/mol. The van der Waals surface area contributed by atoms with E-state index in [2.05, 4.69) is 22.3 Å². The number of hydrogen-bond acceptors (Lipinski definition) is 6. The predicted octanol–water partition coefficient (Wildman–Crippen LogP) is 3.83. The summed E-state index contributed by atoms with van der Waals surface area (Å²) in [5.74, 6) is 2.50. The molecule has 0 amide bonds. The Bertz CT molecular complexity index is 896. The molecule has 1 fully saturated rings. The van der Waals surface area contributed by atoms with Gasteiger partial charge in [0, 0.05) is 6.61 Å². The molecule has 0 spiro atoms. The van der Waals surface area contributed by atoms with Gasteiger partial charge in [-0.2, -0.15) is 0 Å². The molecule has 2 aromatic carbocycles. The monoisotopic (exact) mass is 350 g/mol. The van der Waals surface area contributed by atoms with Gasteiger partial charge in [0.1, 0.15) is 6.61 Å². The lowest BCUT2D eigenvalue weighted by molar-refractivity contribution is 0.0681. The average Bonchev–Trinajstić information content (AvgIpc) is 3.37. The fraction of sp³-hybridized carbons (Fsp3) is 0.300. The van der Waals surface area contributed by atoms with Crippen molar-refractivity contribution in [3.63, 3.8) is 0 Å². The van der Waals surface area contributed by atoms with E-state index in [4.69, 9.17) is 18.6 Å². The number of rotatable bonds is 3. The second kappa shape index (κ2) is 6.46. The molecule has 0 saturated carbocycles. The fourth-order valence-electron chi connectivity index (χ4n) is 3.48. The molecule has 1 saturated heterocycles. The number of para-hydroxylation sites is 2. The van der Waals surface area contributed by atoms with Crippen LogP contribution in [0.25, 0.3) is 0 Å². The van der Waals surface area contributed by atoms with E-state index in [1.165, 1.54) is 0 Å². The van der Waals surface area contributed by atoms with E-state index < -0.39 is 6.10 Å². The van der Waals surface area contributed by atoms with Crippen molar-refractivity contribution in [3.8, 4) is 11.5 Å². The van der Waals surface area contributed by atoms with Crippen molar-refractivity contribution in [2.75, 3.05) is 13.2 Å². The number of hydrogen-bond donors (Lipinski definition) is 0. The van der Waals surface area contributed by atoms with Crippen LogP contribution in [0, 0.1) is 0 Å². The first-order valence-corrected chi connectivity index (χ1v) is 8.77. The van der Waals surface area contributed by atoms with Crippen LogP contribution >= 0.6 is 0 Å². The normalized spacial score (nSPS) is 24.5. The summed E-state index contributed by atoms with van der Waals surface area (Å²) < 4.78 is 23.6. The highest BCUT2D eigenvalue weighted by molar-refractivity contribution is 5.40. The van der Waals surface area contributed by atoms with Gasteiger partial charge in [0.15, 0.2) is 11.5 Å². The van der Waals surface area contributed by atoms with E-state index in [0.29, 0.717) is 30.7 Å². The molecule has 0 unspecified atom stereocenters. The Morgan fingerprint density at radius 1 is 0.846 bits per heavy atom. The molecule has 3 atom stereocenters. The molecule has 2 aliphatic rings. The van der Waals surface area contributed by atoms with Crippen LogP contribution in [0.2, 0.25) is 0 Å². The Hall–Kier alpha value is -2.86. The SMILES string of the molecule is c1ccc([C@H]2OCC[C@@H]2c2nnc([C@H]3COc4ccccc4O3)o2)cc1. The number of fused-ring (bicyclic) bond motifs is 1. The van der Waals surface area contributed by atoms with Gasteiger partial charge in [-0.3, -0.25) is 0 Å². The van der Waals surface area contributed by atoms with Crippen molar-refractivity contribution < 1.29 is 18.6 Å². The lowest BCUT2D eigenvalue weighted by atomic mass is 9.95. The molecular weight excluding hydrogens is 332 g/mol. The topological polar surface area (TPSA) is 66.6 Å². The first-order chi connectivity index (χ1) is 12.9. The zero-order valence-corrected chi connectivity index (χ0v) is 14.1. The zero-order valence-electron chi connectivity index (χ0n) is 14.1. The molecule has 0 radical (unpaired) electrons. The molecule has 0 aliphatic carbocycles. The van der Waals surface area contributed by atoms with Gasteiger partial charge in [-0.1, -0.05) is 42.5 Å². The maximum atomic E-state index is 5.97. The van der Waals surface area contributed by atoms with Gasteiger partial charge in [0.05, 0.1) is 12.0 Å². The highest BCUT2D eigenvalue weighted by Crippen LogP contribution is 2.42. The second-order valence-corrected chi connectivity index (χ2v) is 6.44. The number of benzene rings is 2. The van der Waals surface area contributed by atoms with E-state index >= 15 is 0 Å². The second-order valence-electron chi connectivity index (χ2n) is 6.44. The minimum absolute atomic E-state index is 0.0513. The van der Waals surface area contributed by atoms with Crippen LogP contribution in [0.3, 0.4) is 0 Å². The third-order valence-electron chi connectivity index (χ3n) is 4.78. The Labute approximate surface area is 150 Å². The van der Waals surface area contributed by atoms with Crippen molar-refractivity contribution in [2.45, 2.75) is 24.5 Å². The fourth-order valence-corrected chi connectivity index (χ4v) is 3.48. The van der Waals surface area contributed by atoms with Gasteiger partial charge in [-0.15, -0.1) is 10.2 Å². The lowest BCUT2D eigenvalue weighted by Gasteiger charge is -2.24. The molecule has 6 heteroatoms. The summed E-state index contributed by atoms with van der Waals surface area (Å²) in [6, 6.07) is 17.7. The Morgan fingerprint density at radius 3 is 2.50 bits per heavy atom. The van der Waals surface area contributed by atoms with E-state index in [-0.39, 0.29) is 12.0 Å². The smallest absolute Gasteiger partial charge is 0.260 e. The van der Waals surface area contributed by atoms with Gasteiger partial charge in [0.2, 0.25) is 12.0 Å². The Kier molecular flexibility index (Phi) is 3.83. The molecule has 3 aromatic rings. The van der Waals surface area contributed by atoms with Gasteiger partial charge < -0.3 is 18.6 Å². The molecular formula is C20H18N2O4. The van der Waals surface area contributed by atoms with E-state index in [0.717, 1.165) is 17.7 Å². The number of aromatic nitrogens is 2. The summed E-state index contributed by atoms with van der Waals surface area (Å²) in [7, 11) is 0. The van der Waals surface area contributed by atoms with Crippen molar-refractivity contribution in [1.82, 2.24) is 10.2 Å². The van der Waals surface area contributed by atoms with Gasteiger partial charge in [0.25, 0.3) is 5.89 Å². The van der Waals surface area contributed by atoms with E-state index in [9.17, 15) is 0 Å². The summed E-state index contributed by atoms with van der Waals surface area (Å²) >= 11 is 0. The van der Waals surface area contributed by atoms with Crippen molar-refractivity contribution in [3.05, 3.63) is 71.9 Å². The minimum Gasteiger partial charge on any atom is -0.485 e. The van der Waals surface area contributed by atoms with Gasteiger partial charge >= 0.3 is 0 Å². The summed E-state index contributed by atoms with van der Waals surface area (Å²) in [5, 5.41) is 8.48. The van der Waals surface area contributed by atoms with Crippen LogP contribution < -0.4 is 9.47 Å². The Morgan fingerprint density at radius 2 is 1.62 bits per heavy atom. The number of ether oxygens (including phenoxy) is 3. The standard InChI is InChI=1S/C20H18N2O4/c1-2-6-13(7-3-1)18-14(10-11-23-18)19-21-22-20(26-19)17-12-24-15-8-4-5-9-16(15)25-17/h1-9,14,17-18H,10-12H2/t14-,17+,18+/m0/s1. The zero-order chi connectivity index (χ0) is 17.3. The van der Waals surface area contributed by atoms with Gasteiger partial charge in [-0.25, -0.2) is 0 Å². The van der Waals surface area contributed by atoms with Crippen molar-refractivity contribution in [1.29, 1.82) is 0 Å². The quantitative estimate of drug-likeness (QED) is 0.715. The van der Waals surface area contributed by atoms with Crippen LogP contribution in [0.1, 0.15) is 41.9 Å². The van der Waals surface area contributed by atoms with Crippen molar-refractivity contribution >= 4 is 0 Å². The Balaban J connectivity index is 1.37. The summed E-state index contributed by atoms with van der Waals surface area (Å²) in [6.45, 7) is 1.03. The first kappa shape index (κ1) is 15.4. The lowest BCUT2D eigenvalue weighted by Crippen LogP contribution is -2.21. The molecule has 2 aliphatic heterocycles. The van der Waals surface area contributed by atoms with Crippen LogP contribution in [0.5, 0.6) is 11.5 Å². The highest BCUT2D eigenvalue weighted by atomic mass is 16.6. The maximum absolute atomic E-state index is 5.97. The summed E-state index contributed by atoms with van der Waals surface area (Å²) in [6.07, 6.45) is 0.392. The van der Waals surface area contributed by atoms with Crippen molar-refractivity contribution in [2.24, 2.45) is 0 Å². The van der Waals surface area contributed by atoms with Crippen LogP contribution in [-0.4, -0.2) is 23.4 Å². The molecule has 3 heterocycles. The number of nitrogens with zero attached hydrogens (tertiary/aromatic N) is 2. The molecule has 0 N–H and O–H groups in total. The molecule has 26 heavy (non-hydrogen) atoms. The van der Waals surface area contributed by atoms with E-state index in [1.54, 1.807) is 0 Å². The summed E-state index contributed by atoms with van der Waals surface area (Å²) in [5.41, 5.74) is 1.13. The maximum Gasteiger partial charge on any atom is 0.260 e. The third-order valence-corrected chi connectivity index (χ3v) is 4.78. The van der Waals surface area contributed by atoms with Crippen LogP contribution in [-0.2, 0) is 4.74 Å². The largest absolute Gasteiger partial charge is 0.485 e. The molecule has 0 bridgehead atoms. The molecule has 6 nitrogen and oxygen atoms in total. The molecule has 1 aromatic heterocycles. The molecule has 132 valence electrons. The summed E-state index contributed by atoms with van der Waals surface area (Å²) in [4.78, 5) is 0. The van der Waals surface area contributed by atoms with Gasteiger partial charge in [-0.05, 0) is 24.1 Å². The minimum atomic E-state index is -0.399. The van der Waals surface area contributed by atoms with Crippen LogP contribution in [0.4, 0.5) is 0 Å². The average molecular weight is 350 g/mol. The first-order valence-electron chi connectivity index (χ1n) is 8.77. The van der Waals surface area contributed by atoms with Crippen LogP contribution in [0.15, 0.2) is 59.0 Å². The highest BCUT2D eigenvalue weighted by Gasteiger charge is 2.36. The third kappa shape index (κ3) is 2.72. The molecule has 5 rings (SSSR count).